The van der Waals surface area contributed by atoms with E-state index in [9.17, 15) is 5.11 Å². The van der Waals surface area contributed by atoms with E-state index in [1.54, 1.807) is 0 Å². The van der Waals surface area contributed by atoms with Crippen molar-refractivity contribution in [3.8, 4) is 11.3 Å². The normalized spacial score (nSPS) is 16.9. The van der Waals surface area contributed by atoms with Crippen molar-refractivity contribution in [1.82, 2.24) is 15.1 Å². The van der Waals surface area contributed by atoms with Crippen LogP contribution >= 0.6 is 0 Å². The highest BCUT2D eigenvalue weighted by Gasteiger charge is 2.23. The van der Waals surface area contributed by atoms with E-state index in [1.165, 1.54) is 11.3 Å². The van der Waals surface area contributed by atoms with Crippen molar-refractivity contribution in [3.05, 3.63) is 41.6 Å². The van der Waals surface area contributed by atoms with Gasteiger partial charge in [0.1, 0.15) is 0 Å². The van der Waals surface area contributed by atoms with Gasteiger partial charge < -0.3 is 10.8 Å². The minimum absolute atomic E-state index is 0.306. The first-order valence-electron chi connectivity index (χ1n) is 7.00. The van der Waals surface area contributed by atoms with E-state index in [4.69, 9.17) is 5.73 Å². The van der Waals surface area contributed by atoms with Gasteiger partial charge >= 0.3 is 0 Å². The van der Waals surface area contributed by atoms with Crippen LogP contribution in [-0.4, -0.2) is 45.9 Å². The van der Waals surface area contributed by atoms with Crippen LogP contribution in [0.25, 0.3) is 11.3 Å². The molecule has 0 bridgehead atoms. The maximum Gasteiger partial charge on any atom is 0.0968 e. The Hall–Kier alpha value is -1.69. The smallest absolute Gasteiger partial charge is 0.0968 e. The Morgan fingerprint density at radius 3 is 2.90 bits per heavy atom. The quantitative estimate of drug-likeness (QED) is 0.767. The molecule has 5 nitrogen and oxygen atoms in total. The van der Waals surface area contributed by atoms with E-state index >= 15 is 0 Å². The zero-order chi connectivity index (χ0) is 13.9. The average Bonchev–Trinajstić information content (AvgIpc) is 2.91. The number of nitrogens with one attached hydrogen (secondary N) is 1. The summed E-state index contributed by atoms with van der Waals surface area (Å²) >= 11 is 0. The highest BCUT2D eigenvalue weighted by molar-refractivity contribution is 5.64. The van der Waals surface area contributed by atoms with Crippen LogP contribution in [0, 0.1) is 0 Å². The Labute approximate surface area is 118 Å². The number of nitrogens with zero attached hydrogens (tertiary/aromatic N) is 2. The maximum absolute atomic E-state index is 9.71. The molecule has 20 heavy (non-hydrogen) atoms. The summed E-state index contributed by atoms with van der Waals surface area (Å²) < 4.78 is 0. The van der Waals surface area contributed by atoms with Crippen LogP contribution < -0.4 is 5.73 Å². The highest BCUT2D eigenvalue weighted by atomic mass is 16.3. The molecular formula is C15H20N4O. The summed E-state index contributed by atoms with van der Waals surface area (Å²) in [5, 5.41) is 17.3. The molecule has 1 aliphatic heterocycles. The third-order valence-electron chi connectivity index (χ3n) is 3.80. The second-order valence-corrected chi connectivity index (χ2v) is 5.27. The van der Waals surface area contributed by atoms with Gasteiger partial charge in [0.2, 0.25) is 0 Å². The van der Waals surface area contributed by atoms with Gasteiger partial charge in [0.25, 0.3) is 0 Å². The molecule has 1 aromatic heterocycles. The van der Waals surface area contributed by atoms with E-state index in [-0.39, 0.29) is 0 Å². The number of aliphatic hydroxyl groups excluding tert-OH is 1. The number of aromatic nitrogens is 2. The molecule has 4 N–H and O–H groups in total. The monoisotopic (exact) mass is 272 g/mol. The summed E-state index contributed by atoms with van der Waals surface area (Å²) in [5.41, 5.74) is 10.1. The van der Waals surface area contributed by atoms with Gasteiger partial charge in [-0.15, -0.1) is 0 Å². The number of hydrogen-bond donors (Lipinski definition) is 3. The number of benzene rings is 1. The molecule has 0 aliphatic carbocycles. The Balaban J connectivity index is 1.83. The van der Waals surface area contributed by atoms with E-state index in [0.29, 0.717) is 13.1 Å². The largest absolute Gasteiger partial charge is 0.390 e. The first kappa shape index (κ1) is 13.3. The lowest BCUT2D eigenvalue weighted by molar-refractivity contribution is 0.111. The summed E-state index contributed by atoms with van der Waals surface area (Å²) in [6, 6.07) is 10.2. The molecule has 2 heterocycles. The summed E-state index contributed by atoms with van der Waals surface area (Å²) in [4.78, 5) is 2.24. The highest BCUT2D eigenvalue weighted by Crippen LogP contribution is 2.28. The minimum atomic E-state index is -0.455. The first-order chi connectivity index (χ1) is 9.78. The third kappa shape index (κ3) is 2.60. The number of hydrogen-bond acceptors (Lipinski definition) is 4. The van der Waals surface area contributed by atoms with Gasteiger partial charge in [-0.3, -0.25) is 10.00 Å². The van der Waals surface area contributed by atoms with Crippen LogP contribution in [0.3, 0.4) is 0 Å². The van der Waals surface area contributed by atoms with Gasteiger partial charge in [0.05, 0.1) is 11.8 Å². The lowest BCUT2D eigenvalue weighted by Gasteiger charge is -2.28. The molecule has 0 saturated heterocycles. The van der Waals surface area contributed by atoms with Crippen molar-refractivity contribution in [2.45, 2.75) is 19.1 Å². The molecule has 106 valence electrons. The minimum Gasteiger partial charge on any atom is -0.390 e. The van der Waals surface area contributed by atoms with E-state index in [2.05, 4.69) is 27.2 Å². The zero-order valence-corrected chi connectivity index (χ0v) is 11.4. The van der Waals surface area contributed by atoms with Crippen LogP contribution in [0.2, 0.25) is 0 Å². The number of nitrogens with two attached hydrogens (primary N) is 1. The van der Waals surface area contributed by atoms with Gasteiger partial charge in [0.15, 0.2) is 0 Å². The van der Waals surface area contributed by atoms with E-state index in [0.717, 1.165) is 30.8 Å². The molecule has 0 amide bonds. The molecule has 1 aromatic carbocycles. The predicted molar refractivity (Wildman–Crippen MR) is 78.1 cm³/mol. The van der Waals surface area contributed by atoms with E-state index < -0.39 is 6.10 Å². The number of β-amino-alcohol motifs (C(OH)–C–C–N with tert-alkyl or cyclic N) is 1. The molecular weight excluding hydrogens is 252 g/mol. The van der Waals surface area contributed by atoms with Gasteiger partial charge in [-0.2, -0.15) is 5.10 Å². The summed E-state index contributed by atoms with van der Waals surface area (Å²) in [6.45, 7) is 2.67. The van der Waals surface area contributed by atoms with Gasteiger partial charge in [-0.25, -0.2) is 0 Å². The molecule has 3 rings (SSSR count). The van der Waals surface area contributed by atoms with Crippen LogP contribution in [0.5, 0.6) is 0 Å². The Morgan fingerprint density at radius 2 is 2.15 bits per heavy atom. The summed E-state index contributed by atoms with van der Waals surface area (Å²) in [6.07, 6.45) is 0.482. The van der Waals surface area contributed by atoms with Crippen molar-refractivity contribution in [1.29, 1.82) is 0 Å². The van der Waals surface area contributed by atoms with Crippen LogP contribution in [0.15, 0.2) is 30.3 Å². The van der Waals surface area contributed by atoms with Gasteiger partial charge in [0, 0.05) is 49.4 Å². The lowest BCUT2D eigenvalue weighted by atomic mass is 10.0. The van der Waals surface area contributed by atoms with Crippen molar-refractivity contribution in [2.24, 2.45) is 5.73 Å². The van der Waals surface area contributed by atoms with Crippen molar-refractivity contribution < 1.29 is 5.11 Å². The zero-order valence-electron chi connectivity index (χ0n) is 11.4. The standard InChI is InChI=1S/C15H20N4O/c16-8-12(20)9-19-7-6-14-13(10-19)15(18-17-14)11-4-2-1-3-5-11/h1-5,12,20H,6-10,16H2,(H,17,18). The molecule has 5 heteroatoms. The molecule has 1 atom stereocenters. The van der Waals surface area contributed by atoms with Crippen molar-refractivity contribution >= 4 is 0 Å². The molecule has 1 unspecified atom stereocenters. The lowest BCUT2D eigenvalue weighted by Crippen LogP contribution is -2.39. The molecule has 0 fully saturated rings. The van der Waals surface area contributed by atoms with E-state index in [1.807, 2.05) is 18.2 Å². The number of rotatable bonds is 4. The molecule has 0 radical (unpaired) electrons. The fourth-order valence-corrected chi connectivity index (χ4v) is 2.71. The predicted octanol–water partition coefficient (Wildman–Crippen LogP) is 0.754. The fraction of sp³-hybridized carbons (Fsp3) is 0.400. The Kier molecular flexibility index (Phi) is 3.82. The first-order valence-corrected chi connectivity index (χ1v) is 7.00. The third-order valence-corrected chi connectivity index (χ3v) is 3.80. The van der Waals surface area contributed by atoms with Crippen molar-refractivity contribution in [3.63, 3.8) is 0 Å². The second-order valence-electron chi connectivity index (χ2n) is 5.27. The average molecular weight is 272 g/mol. The molecule has 1 aliphatic rings. The molecule has 2 aromatic rings. The molecule has 0 saturated carbocycles. The van der Waals surface area contributed by atoms with Crippen molar-refractivity contribution in [2.75, 3.05) is 19.6 Å². The Morgan fingerprint density at radius 1 is 1.35 bits per heavy atom. The summed E-state index contributed by atoms with van der Waals surface area (Å²) in [5.74, 6) is 0. The fourth-order valence-electron chi connectivity index (χ4n) is 2.71. The Bertz CT molecular complexity index is 567. The maximum atomic E-state index is 9.71. The number of fused-ring (bicyclic) bond motifs is 1. The van der Waals surface area contributed by atoms with Gasteiger partial charge in [-0.05, 0) is 0 Å². The number of H-pyrrole nitrogens is 1. The number of aromatic amines is 1. The number of aliphatic hydroxyl groups is 1. The molecule has 0 spiro atoms. The van der Waals surface area contributed by atoms with Gasteiger partial charge in [-0.1, -0.05) is 30.3 Å². The summed E-state index contributed by atoms with van der Waals surface area (Å²) in [7, 11) is 0. The SMILES string of the molecule is NCC(O)CN1CCc2[nH]nc(-c3ccccc3)c2C1. The second kappa shape index (κ2) is 5.75. The van der Waals surface area contributed by atoms with Crippen LogP contribution in [0.4, 0.5) is 0 Å². The van der Waals surface area contributed by atoms with Crippen LogP contribution in [0.1, 0.15) is 11.3 Å². The topological polar surface area (TPSA) is 78.2 Å². The van der Waals surface area contributed by atoms with Crippen LogP contribution in [-0.2, 0) is 13.0 Å².